The largest absolute Gasteiger partial charge is 0.480 e. The number of amides is 1. The highest BCUT2D eigenvalue weighted by Crippen LogP contribution is 2.25. The van der Waals surface area contributed by atoms with Gasteiger partial charge in [-0.3, -0.25) is 14.9 Å². The van der Waals surface area contributed by atoms with Crippen LogP contribution in [0.3, 0.4) is 0 Å². The van der Waals surface area contributed by atoms with Gasteiger partial charge in [-0.25, -0.2) is 0 Å². The van der Waals surface area contributed by atoms with E-state index in [1.165, 1.54) is 6.07 Å². The first-order chi connectivity index (χ1) is 11.5. The van der Waals surface area contributed by atoms with Crippen LogP contribution in [0.2, 0.25) is 10.0 Å². The summed E-state index contributed by atoms with van der Waals surface area (Å²) in [4.78, 5) is 23.4. The third-order valence-electron chi connectivity index (χ3n) is 3.29. The number of aliphatic carboxylic acids is 1. The molecule has 2 rings (SSSR count). The van der Waals surface area contributed by atoms with Crippen LogP contribution in [0.15, 0.2) is 48.5 Å². The van der Waals surface area contributed by atoms with Crippen LogP contribution >= 0.6 is 23.2 Å². The number of carboxylic acids is 1. The molecule has 0 fully saturated rings. The normalized spacial score (nSPS) is 11.8. The number of benzene rings is 2. The highest BCUT2D eigenvalue weighted by atomic mass is 35.5. The third kappa shape index (κ3) is 5.53. The van der Waals surface area contributed by atoms with Gasteiger partial charge in [0, 0.05) is 11.6 Å². The van der Waals surface area contributed by atoms with Gasteiger partial charge < -0.3 is 10.4 Å². The lowest BCUT2D eigenvalue weighted by atomic mass is 10.1. The highest BCUT2D eigenvalue weighted by molar-refractivity contribution is 6.36. The minimum atomic E-state index is -1.09. The second kappa shape index (κ2) is 8.68. The Kier molecular flexibility index (Phi) is 6.61. The monoisotopic (exact) mass is 366 g/mol. The van der Waals surface area contributed by atoms with Gasteiger partial charge in [0.2, 0.25) is 5.91 Å². The Morgan fingerprint density at radius 2 is 1.79 bits per heavy atom. The van der Waals surface area contributed by atoms with E-state index in [4.69, 9.17) is 23.2 Å². The Morgan fingerprint density at radius 1 is 1.08 bits per heavy atom. The maximum absolute atomic E-state index is 12.1. The Labute approximate surface area is 149 Å². The van der Waals surface area contributed by atoms with Crippen LogP contribution < -0.4 is 10.6 Å². The van der Waals surface area contributed by atoms with E-state index in [0.29, 0.717) is 22.3 Å². The van der Waals surface area contributed by atoms with Crippen LogP contribution in [0, 0.1) is 0 Å². The third-order valence-corrected chi connectivity index (χ3v) is 3.84. The van der Waals surface area contributed by atoms with Gasteiger partial charge >= 0.3 is 5.97 Å². The summed E-state index contributed by atoms with van der Waals surface area (Å²) in [5.41, 5.74) is 1.32. The fourth-order valence-corrected chi connectivity index (χ4v) is 2.52. The smallest absolute Gasteiger partial charge is 0.321 e. The molecule has 7 heteroatoms. The number of hydrogen-bond acceptors (Lipinski definition) is 3. The quantitative estimate of drug-likeness (QED) is 0.699. The first kappa shape index (κ1) is 18.3. The van der Waals surface area contributed by atoms with Crippen LogP contribution in [0.25, 0.3) is 0 Å². The summed E-state index contributed by atoms with van der Waals surface area (Å²) in [5, 5.41) is 15.5. The minimum Gasteiger partial charge on any atom is -0.480 e. The molecule has 0 aliphatic rings. The van der Waals surface area contributed by atoms with Gasteiger partial charge in [0.25, 0.3) is 0 Å². The van der Waals surface area contributed by atoms with E-state index in [9.17, 15) is 14.7 Å². The fourth-order valence-electron chi connectivity index (χ4n) is 2.06. The zero-order valence-electron chi connectivity index (χ0n) is 12.6. The maximum atomic E-state index is 12.1. The van der Waals surface area contributed by atoms with Crippen LogP contribution in [0.1, 0.15) is 12.0 Å². The van der Waals surface area contributed by atoms with Gasteiger partial charge in [-0.15, -0.1) is 0 Å². The van der Waals surface area contributed by atoms with Gasteiger partial charge in [0.15, 0.2) is 0 Å². The Morgan fingerprint density at radius 3 is 2.42 bits per heavy atom. The van der Waals surface area contributed by atoms with Gasteiger partial charge in [0.1, 0.15) is 6.04 Å². The number of hydrogen-bond donors (Lipinski definition) is 3. The Hall–Kier alpha value is -2.08. The molecule has 1 unspecified atom stereocenters. The molecule has 1 atom stereocenters. The first-order valence-electron chi connectivity index (χ1n) is 7.20. The molecule has 0 bridgehead atoms. The van der Waals surface area contributed by atoms with Crippen molar-refractivity contribution < 1.29 is 14.7 Å². The number of anilines is 1. The number of carbonyl (C=O) groups excluding carboxylic acids is 1. The molecule has 2 aromatic rings. The molecule has 3 N–H and O–H groups in total. The van der Waals surface area contributed by atoms with Gasteiger partial charge in [-0.2, -0.15) is 0 Å². The summed E-state index contributed by atoms with van der Waals surface area (Å²) >= 11 is 11.8. The van der Waals surface area contributed by atoms with Gasteiger partial charge in [-0.1, -0.05) is 53.5 Å². The second-order valence-electron chi connectivity index (χ2n) is 5.13. The molecule has 0 aliphatic heterocycles. The van der Waals surface area contributed by atoms with Gasteiger partial charge in [-0.05, 0) is 23.8 Å². The summed E-state index contributed by atoms with van der Waals surface area (Å²) in [6.45, 7) is 0.354. The number of carboxylic acid groups (broad SMARTS) is 1. The van der Waals surface area contributed by atoms with Crippen molar-refractivity contribution in [2.45, 2.75) is 19.0 Å². The lowest BCUT2D eigenvalue weighted by molar-refractivity contribution is -0.141. The van der Waals surface area contributed by atoms with E-state index in [0.717, 1.165) is 5.56 Å². The Bertz CT molecular complexity index is 723. The fraction of sp³-hybridized carbons (Fsp3) is 0.176. The number of halogens is 2. The standard InChI is InChI=1S/C17H16Cl2N2O3/c18-12-6-7-14(13(19)8-12)21-16(22)9-15(17(23)24)20-10-11-4-2-1-3-5-11/h1-8,15,20H,9-10H2,(H,21,22)(H,23,24). The molecule has 0 saturated heterocycles. The molecule has 0 spiro atoms. The van der Waals surface area contributed by atoms with E-state index in [1.807, 2.05) is 30.3 Å². The van der Waals surface area contributed by atoms with E-state index >= 15 is 0 Å². The van der Waals surface area contributed by atoms with Crippen LogP contribution in [0.4, 0.5) is 5.69 Å². The molecule has 0 radical (unpaired) electrons. The predicted octanol–water partition coefficient (Wildman–Crippen LogP) is 3.57. The first-order valence-corrected chi connectivity index (χ1v) is 7.96. The lowest BCUT2D eigenvalue weighted by Gasteiger charge is -2.15. The van der Waals surface area contributed by atoms with Crippen molar-refractivity contribution >= 4 is 40.8 Å². The summed E-state index contributed by atoms with van der Waals surface area (Å²) in [7, 11) is 0. The predicted molar refractivity (Wildman–Crippen MR) is 94.4 cm³/mol. The van der Waals surface area contributed by atoms with Crippen LogP contribution in [-0.4, -0.2) is 23.0 Å². The molecule has 0 saturated carbocycles. The van der Waals surface area contributed by atoms with Crippen molar-refractivity contribution in [2.24, 2.45) is 0 Å². The summed E-state index contributed by atoms with van der Waals surface area (Å²) < 4.78 is 0. The zero-order valence-corrected chi connectivity index (χ0v) is 14.1. The SMILES string of the molecule is O=C(CC(NCc1ccccc1)C(=O)O)Nc1ccc(Cl)cc1Cl. The topological polar surface area (TPSA) is 78.4 Å². The van der Waals surface area contributed by atoms with Crippen LogP contribution in [0.5, 0.6) is 0 Å². The van der Waals surface area contributed by atoms with E-state index < -0.39 is 17.9 Å². The number of rotatable bonds is 7. The molecule has 0 aromatic heterocycles. The average Bonchev–Trinajstić information content (AvgIpc) is 2.55. The van der Waals surface area contributed by atoms with E-state index in [1.54, 1.807) is 12.1 Å². The molecule has 2 aromatic carbocycles. The van der Waals surface area contributed by atoms with E-state index in [-0.39, 0.29) is 6.42 Å². The molecular weight excluding hydrogens is 351 g/mol. The second-order valence-corrected chi connectivity index (χ2v) is 5.98. The average molecular weight is 367 g/mol. The maximum Gasteiger partial charge on any atom is 0.321 e. The van der Waals surface area contributed by atoms with Crippen LogP contribution in [-0.2, 0) is 16.1 Å². The molecule has 5 nitrogen and oxygen atoms in total. The summed E-state index contributed by atoms with van der Waals surface area (Å²) in [6, 6.07) is 13.0. The van der Waals surface area contributed by atoms with Crippen molar-refractivity contribution in [3.8, 4) is 0 Å². The van der Waals surface area contributed by atoms with Crippen molar-refractivity contribution in [1.82, 2.24) is 5.32 Å². The molecule has 0 heterocycles. The van der Waals surface area contributed by atoms with Gasteiger partial charge in [0.05, 0.1) is 17.1 Å². The van der Waals surface area contributed by atoms with E-state index in [2.05, 4.69) is 10.6 Å². The molecule has 0 aliphatic carbocycles. The van der Waals surface area contributed by atoms with Crippen molar-refractivity contribution in [3.63, 3.8) is 0 Å². The Balaban J connectivity index is 1.94. The van der Waals surface area contributed by atoms with Crippen molar-refractivity contribution in [3.05, 3.63) is 64.1 Å². The molecule has 1 amide bonds. The summed E-state index contributed by atoms with van der Waals surface area (Å²) in [5.74, 6) is -1.55. The van der Waals surface area contributed by atoms with Crippen molar-refractivity contribution in [1.29, 1.82) is 0 Å². The summed E-state index contributed by atoms with van der Waals surface area (Å²) in [6.07, 6.45) is -0.221. The highest BCUT2D eigenvalue weighted by Gasteiger charge is 2.21. The van der Waals surface area contributed by atoms with Crippen molar-refractivity contribution in [2.75, 3.05) is 5.32 Å². The molecular formula is C17H16Cl2N2O3. The zero-order chi connectivity index (χ0) is 17.5. The number of carbonyl (C=O) groups is 2. The minimum absolute atomic E-state index is 0.221. The number of nitrogens with one attached hydrogen (secondary N) is 2. The lowest BCUT2D eigenvalue weighted by Crippen LogP contribution is -2.39. The molecule has 24 heavy (non-hydrogen) atoms. The molecule has 126 valence electrons.